The number of rotatable bonds is 4. The molecule has 0 radical (unpaired) electrons. The van der Waals surface area contributed by atoms with Crippen molar-refractivity contribution < 1.29 is 9.13 Å². The van der Waals surface area contributed by atoms with Crippen molar-refractivity contribution in [1.29, 1.82) is 0 Å². The molecule has 0 N–H and O–H groups in total. The maximum atomic E-state index is 13.4. The van der Waals surface area contributed by atoms with Crippen LogP contribution < -0.4 is 4.74 Å². The fourth-order valence-corrected chi connectivity index (χ4v) is 3.40. The molecular formula is C14H14BrFOS. The Labute approximate surface area is 119 Å². The lowest BCUT2D eigenvalue weighted by Crippen LogP contribution is -1.94. The SMILES string of the molecule is CCc1ccc(C(Br)c2ccc(F)c(OC)c2)s1. The second kappa shape index (κ2) is 5.85. The molecule has 1 atom stereocenters. The third-order valence-corrected chi connectivity index (χ3v) is 5.37. The second-order valence-corrected chi connectivity index (χ2v) is 6.03. The predicted octanol–water partition coefficient (Wildman–Crippen LogP) is 4.94. The minimum Gasteiger partial charge on any atom is -0.494 e. The molecule has 1 heterocycles. The van der Waals surface area contributed by atoms with Crippen molar-refractivity contribution in [2.24, 2.45) is 0 Å². The van der Waals surface area contributed by atoms with Gasteiger partial charge in [0, 0.05) is 9.75 Å². The molecule has 0 aliphatic rings. The topological polar surface area (TPSA) is 9.23 Å². The van der Waals surface area contributed by atoms with Gasteiger partial charge in [0.05, 0.1) is 11.9 Å². The molecule has 1 nitrogen and oxygen atoms in total. The number of methoxy groups -OCH3 is 1. The molecule has 0 bridgehead atoms. The number of aryl methyl sites for hydroxylation is 1. The van der Waals surface area contributed by atoms with Crippen molar-refractivity contribution in [2.75, 3.05) is 7.11 Å². The summed E-state index contributed by atoms with van der Waals surface area (Å²) in [5.41, 5.74) is 0.998. The summed E-state index contributed by atoms with van der Waals surface area (Å²) < 4.78 is 18.4. The number of hydrogen-bond donors (Lipinski definition) is 0. The molecule has 1 aromatic heterocycles. The fourth-order valence-electron chi connectivity index (χ4n) is 1.72. The van der Waals surface area contributed by atoms with Gasteiger partial charge in [0.2, 0.25) is 0 Å². The predicted molar refractivity (Wildman–Crippen MR) is 77.4 cm³/mol. The Hall–Kier alpha value is -0.870. The van der Waals surface area contributed by atoms with Crippen LogP contribution in [0.5, 0.6) is 5.75 Å². The summed E-state index contributed by atoms with van der Waals surface area (Å²) in [6.07, 6.45) is 1.04. The molecule has 0 fully saturated rings. The smallest absolute Gasteiger partial charge is 0.165 e. The van der Waals surface area contributed by atoms with E-state index in [0.717, 1.165) is 12.0 Å². The normalized spacial score (nSPS) is 12.4. The van der Waals surface area contributed by atoms with E-state index in [1.165, 1.54) is 22.9 Å². The number of hydrogen-bond acceptors (Lipinski definition) is 2. The minimum atomic E-state index is -0.332. The second-order valence-electron chi connectivity index (χ2n) is 3.91. The Morgan fingerprint density at radius 3 is 2.72 bits per heavy atom. The van der Waals surface area contributed by atoms with E-state index in [2.05, 4.69) is 35.0 Å². The van der Waals surface area contributed by atoms with Crippen LogP contribution in [0, 0.1) is 5.82 Å². The molecule has 2 aromatic rings. The van der Waals surface area contributed by atoms with Gasteiger partial charge in [-0.15, -0.1) is 11.3 Å². The van der Waals surface area contributed by atoms with Gasteiger partial charge in [-0.1, -0.05) is 28.9 Å². The zero-order valence-corrected chi connectivity index (χ0v) is 12.6. The van der Waals surface area contributed by atoms with Gasteiger partial charge >= 0.3 is 0 Å². The number of thiophene rings is 1. The summed E-state index contributed by atoms with van der Waals surface area (Å²) in [5.74, 6) is -0.0504. The molecule has 18 heavy (non-hydrogen) atoms. The van der Waals surface area contributed by atoms with Crippen LogP contribution in [-0.4, -0.2) is 7.11 Å². The van der Waals surface area contributed by atoms with Crippen molar-refractivity contribution in [3.8, 4) is 5.75 Å². The van der Waals surface area contributed by atoms with Crippen LogP contribution in [0.1, 0.15) is 27.1 Å². The molecule has 1 aromatic carbocycles. The Morgan fingerprint density at radius 1 is 1.33 bits per heavy atom. The quantitative estimate of drug-likeness (QED) is 0.722. The summed E-state index contributed by atoms with van der Waals surface area (Å²) >= 11 is 5.43. The van der Waals surface area contributed by atoms with Crippen LogP contribution in [0.25, 0.3) is 0 Å². The standard InChI is InChI=1S/C14H14BrFOS/c1-3-10-5-7-13(18-10)14(15)9-4-6-11(16)12(8-9)17-2/h4-8,14H,3H2,1-2H3. The summed E-state index contributed by atoms with van der Waals surface area (Å²) in [6.45, 7) is 2.14. The lowest BCUT2D eigenvalue weighted by Gasteiger charge is -2.10. The van der Waals surface area contributed by atoms with Gasteiger partial charge in [0.15, 0.2) is 11.6 Å². The summed E-state index contributed by atoms with van der Waals surface area (Å²) in [7, 11) is 1.48. The maximum Gasteiger partial charge on any atom is 0.165 e. The number of alkyl halides is 1. The van der Waals surface area contributed by atoms with Gasteiger partial charge in [-0.25, -0.2) is 4.39 Å². The van der Waals surface area contributed by atoms with E-state index < -0.39 is 0 Å². The van der Waals surface area contributed by atoms with Gasteiger partial charge in [0.1, 0.15) is 0 Å². The highest BCUT2D eigenvalue weighted by Crippen LogP contribution is 2.37. The molecule has 0 aliphatic heterocycles. The molecule has 4 heteroatoms. The molecular weight excluding hydrogens is 315 g/mol. The van der Waals surface area contributed by atoms with E-state index in [9.17, 15) is 4.39 Å². The first-order chi connectivity index (χ1) is 8.65. The van der Waals surface area contributed by atoms with Crippen LogP contribution >= 0.6 is 27.3 Å². The summed E-state index contributed by atoms with van der Waals surface area (Å²) in [4.78, 5) is 2.65. The maximum absolute atomic E-state index is 13.4. The summed E-state index contributed by atoms with van der Waals surface area (Å²) in [5, 5.41) is 0. The van der Waals surface area contributed by atoms with Crippen molar-refractivity contribution >= 4 is 27.3 Å². The molecule has 0 saturated carbocycles. The van der Waals surface area contributed by atoms with Gasteiger partial charge in [0.25, 0.3) is 0 Å². The van der Waals surface area contributed by atoms with Crippen LogP contribution in [0.15, 0.2) is 30.3 Å². The van der Waals surface area contributed by atoms with E-state index in [-0.39, 0.29) is 16.4 Å². The van der Waals surface area contributed by atoms with Crippen LogP contribution in [0.3, 0.4) is 0 Å². The number of ether oxygens (including phenoxy) is 1. The third kappa shape index (κ3) is 2.75. The van der Waals surface area contributed by atoms with Gasteiger partial charge in [-0.05, 0) is 36.2 Å². The molecule has 0 saturated heterocycles. The van der Waals surface area contributed by atoms with Crippen LogP contribution in [-0.2, 0) is 6.42 Å². The minimum absolute atomic E-state index is 0.0808. The Bertz CT molecular complexity index is 538. The zero-order valence-electron chi connectivity index (χ0n) is 10.2. The van der Waals surface area contributed by atoms with Crippen molar-refractivity contribution in [3.63, 3.8) is 0 Å². The van der Waals surface area contributed by atoms with E-state index in [1.54, 1.807) is 23.5 Å². The van der Waals surface area contributed by atoms with Crippen molar-refractivity contribution in [3.05, 3.63) is 51.5 Å². The molecule has 0 aliphatic carbocycles. The van der Waals surface area contributed by atoms with Gasteiger partial charge in [-0.2, -0.15) is 0 Å². The highest BCUT2D eigenvalue weighted by atomic mass is 79.9. The average Bonchev–Trinajstić information content (AvgIpc) is 2.87. The van der Waals surface area contributed by atoms with E-state index >= 15 is 0 Å². The monoisotopic (exact) mass is 328 g/mol. The first-order valence-electron chi connectivity index (χ1n) is 5.71. The highest BCUT2D eigenvalue weighted by Gasteiger charge is 2.15. The highest BCUT2D eigenvalue weighted by molar-refractivity contribution is 9.09. The average molecular weight is 329 g/mol. The molecule has 0 spiro atoms. The number of benzene rings is 1. The van der Waals surface area contributed by atoms with E-state index in [1.807, 2.05) is 0 Å². The lowest BCUT2D eigenvalue weighted by molar-refractivity contribution is 0.386. The van der Waals surface area contributed by atoms with Crippen molar-refractivity contribution in [1.82, 2.24) is 0 Å². The van der Waals surface area contributed by atoms with E-state index in [0.29, 0.717) is 0 Å². The zero-order chi connectivity index (χ0) is 13.1. The Morgan fingerprint density at radius 2 is 2.11 bits per heavy atom. The third-order valence-electron chi connectivity index (χ3n) is 2.75. The molecule has 2 rings (SSSR count). The molecule has 0 amide bonds. The first-order valence-corrected chi connectivity index (χ1v) is 7.45. The molecule has 1 unspecified atom stereocenters. The Kier molecular flexibility index (Phi) is 4.40. The van der Waals surface area contributed by atoms with Crippen LogP contribution in [0.4, 0.5) is 4.39 Å². The van der Waals surface area contributed by atoms with E-state index in [4.69, 9.17) is 4.74 Å². The Balaban J connectivity index is 2.30. The fraction of sp³-hybridized carbons (Fsp3) is 0.286. The molecule has 96 valence electrons. The van der Waals surface area contributed by atoms with Gasteiger partial charge in [-0.3, -0.25) is 0 Å². The summed E-state index contributed by atoms with van der Waals surface area (Å²) in [6, 6.07) is 9.20. The number of halogens is 2. The largest absolute Gasteiger partial charge is 0.494 e. The van der Waals surface area contributed by atoms with Gasteiger partial charge < -0.3 is 4.74 Å². The lowest BCUT2D eigenvalue weighted by atomic mass is 10.1. The van der Waals surface area contributed by atoms with Crippen molar-refractivity contribution in [2.45, 2.75) is 18.2 Å². The van der Waals surface area contributed by atoms with Crippen LogP contribution in [0.2, 0.25) is 0 Å². The first kappa shape index (κ1) is 13.6.